The molecule has 3 aromatic carbocycles. The predicted molar refractivity (Wildman–Crippen MR) is 162 cm³/mol. The van der Waals surface area contributed by atoms with Gasteiger partial charge < -0.3 is 21.7 Å². The van der Waals surface area contributed by atoms with E-state index in [1.165, 1.54) is 33.8 Å². The molecule has 1 aliphatic rings. The van der Waals surface area contributed by atoms with Crippen LogP contribution in [-0.4, -0.2) is 51.7 Å². The van der Waals surface area contributed by atoms with Gasteiger partial charge in [0.2, 0.25) is 5.91 Å². The summed E-state index contributed by atoms with van der Waals surface area (Å²) in [7, 11) is 0. The van der Waals surface area contributed by atoms with Gasteiger partial charge >= 0.3 is 18.1 Å². The molecule has 0 aliphatic heterocycles. The molecule has 10 nitrogen and oxygen atoms in total. The van der Waals surface area contributed by atoms with Crippen molar-refractivity contribution in [2.75, 3.05) is 11.4 Å². The van der Waals surface area contributed by atoms with Crippen LogP contribution in [-0.2, 0) is 29.0 Å². The summed E-state index contributed by atoms with van der Waals surface area (Å²) in [5.74, 6) is -4.30. The summed E-state index contributed by atoms with van der Waals surface area (Å²) in [5, 5.41) is 18.8. The number of anilines is 1. The van der Waals surface area contributed by atoms with Crippen LogP contribution < -0.4 is 16.4 Å². The average Bonchev–Trinajstić information content (AvgIpc) is 3.70. The fraction of sp³-hybridized carbons (Fsp3) is 0.194. The van der Waals surface area contributed by atoms with Crippen LogP contribution in [0.2, 0.25) is 0 Å². The molecule has 45 heavy (non-hydrogen) atoms. The third kappa shape index (κ3) is 9.98. The fourth-order valence-corrected chi connectivity index (χ4v) is 5.02. The number of aromatic nitrogens is 1. The maximum absolute atomic E-state index is 12.9. The Labute approximate surface area is 259 Å². The minimum absolute atomic E-state index is 0.301. The second-order valence-electron chi connectivity index (χ2n) is 9.57. The number of nitrogens with zero attached hydrogens (tertiary/aromatic N) is 2. The van der Waals surface area contributed by atoms with E-state index in [0.29, 0.717) is 23.5 Å². The lowest BCUT2D eigenvalue weighted by molar-refractivity contribution is -0.192. The van der Waals surface area contributed by atoms with E-state index < -0.39 is 30.6 Å². The van der Waals surface area contributed by atoms with E-state index in [1.54, 1.807) is 23.6 Å². The lowest BCUT2D eigenvalue weighted by Gasteiger charge is -2.18. The van der Waals surface area contributed by atoms with E-state index in [0.717, 1.165) is 29.0 Å². The van der Waals surface area contributed by atoms with Gasteiger partial charge in [-0.25, -0.2) is 9.78 Å². The van der Waals surface area contributed by atoms with Crippen LogP contribution in [0.4, 0.5) is 19.0 Å². The summed E-state index contributed by atoms with van der Waals surface area (Å²) >= 11 is 1.36. The summed E-state index contributed by atoms with van der Waals surface area (Å²) in [6, 6.07) is 22.1. The van der Waals surface area contributed by atoms with Crippen molar-refractivity contribution in [3.63, 3.8) is 0 Å². The Kier molecular flexibility index (Phi) is 11.9. The summed E-state index contributed by atoms with van der Waals surface area (Å²) < 4.78 is 31.7. The number of carbonyl (C=O) groups excluding carboxylic acids is 2. The molecule has 1 aliphatic carbocycles. The first-order valence-electron chi connectivity index (χ1n) is 13.4. The molecule has 4 aromatic rings. The zero-order valence-corrected chi connectivity index (χ0v) is 24.5. The topological polar surface area (TPSA) is 177 Å². The van der Waals surface area contributed by atoms with E-state index in [4.69, 9.17) is 21.4 Å². The van der Waals surface area contributed by atoms with Crippen LogP contribution in [0, 0.1) is 0 Å². The SMILES string of the molecule is NC(=O)c1ccc2c(c1)CCC2.NCc1cccc(C(=O)N(CC(=O)O)c2csc(-c3ccccc3)n2)c1.O=C(O)C(F)(F)F. The van der Waals surface area contributed by atoms with Crippen LogP contribution >= 0.6 is 11.3 Å². The van der Waals surface area contributed by atoms with Gasteiger partial charge in [-0.15, -0.1) is 11.3 Å². The van der Waals surface area contributed by atoms with E-state index in [-0.39, 0.29) is 5.91 Å². The van der Waals surface area contributed by atoms with Crippen molar-refractivity contribution in [3.05, 3.63) is 106 Å². The highest BCUT2D eigenvalue weighted by Crippen LogP contribution is 2.28. The Morgan fingerprint density at radius 2 is 1.56 bits per heavy atom. The summed E-state index contributed by atoms with van der Waals surface area (Å²) in [5.41, 5.74) is 16.2. The predicted octanol–water partition coefficient (Wildman–Crippen LogP) is 4.91. The van der Waals surface area contributed by atoms with E-state index in [2.05, 4.69) is 4.98 Å². The smallest absolute Gasteiger partial charge is 0.480 e. The van der Waals surface area contributed by atoms with E-state index in [9.17, 15) is 32.7 Å². The number of amides is 2. The van der Waals surface area contributed by atoms with Gasteiger partial charge in [0.1, 0.15) is 17.4 Å². The number of carboxylic acids is 2. The number of thiazole rings is 1. The van der Waals surface area contributed by atoms with Gasteiger partial charge in [-0.2, -0.15) is 13.2 Å². The standard InChI is InChI=1S/C19H17N3O3S.C10H11NO.C2HF3O2/c20-10-13-5-4-8-15(9-13)19(25)22(11-17(23)24)16-12-26-18(21-16)14-6-2-1-3-7-14;11-10(12)9-5-4-7-2-1-3-8(7)6-9;3-2(4,5)1(6)7/h1-9,12H,10-11,20H2,(H,23,24);4-6H,1-3H2,(H2,11,12);(H,6,7). The molecule has 0 fully saturated rings. The minimum atomic E-state index is -5.08. The minimum Gasteiger partial charge on any atom is -0.480 e. The molecule has 1 aromatic heterocycles. The number of primary amides is 1. The average molecular weight is 643 g/mol. The molecule has 236 valence electrons. The van der Waals surface area contributed by atoms with Crippen LogP contribution in [0.15, 0.2) is 78.2 Å². The van der Waals surface area contributed by atoms with Crippen LogP contribution in [0.3, 0.4) is 0 Å². The Morgan fingerprint density at radius 3 is 2.16 bits per heavy atom. The quantitative estimate of drug-likeness (QED) is 0.220. The number of alkyl halides is 3. The van der Waals surface area contributed by atoms with Gasteiger partial charge in [0, 0.05) is 28.6 Å². The van der Waals surface area contributed by atoms with Crippen molar-refractivity contribution in [1.82, 2.24) is 4.98 Å². The fourth-order valence-electron chi connectivity index (χ4n) is 4.21. The maximum atomic E-state index is 12.9. The van der Waals surface area contributed by atoms with Crippen molar-refractivity contribution < 1.29 is 42.6 Å². The Morgan fingerprint density at radius 1 is 0.889 bits per heavy atom. The van der Waals surface area contributed by atoms with Gasteiger partial charge in [0.25, 0.3) is 5.91 Å². The molecule has 2 amide bonds. The number of carbonyl (C=O) groups is 4. The highest BCUT2D eigenvalue weighted by molar-refractivity contribution is 7.13. The Bertz CT molecular complexity index is 1660. The number of hydrogen-bond donors (Lipinski definition) is 4. The number of hydrogen-bond acceptors (Lipinski definition) is 7. The molecule has 0 saturated heterocycles. The Hall–Kier alpha value is -5.08. The van der Waals surface area contributed by atoms with E-state index >= 15 is 0 Å². The number of halogens is 3. The summed E-state index contributed by atoms with van der Waals surface area (Å²) in [6.07, 6.45) is -1.64. The lowest BCUT2D eigenvalue weighted by atomic mass is 10.1. The largest absolute Gasteiger partial charge is 0.490 e. The normalized spacial score (nSPS) is 11.6. The second-order valence-corrected chi connectivity index (χ2v) is 10.4. The van der Waals surface area contributed by atoms with Crippen molar-refractivity contribution >= 4 is 40.9 Å². The number of benzene rings is 3. The molecular weight excluding hydrogens is 613 g/mol. The molecule has 6 N–H and O–H groups in total. The molecule has 0 atom stereocenters. The molecule has 0 bridgehead atoms. The highest BCUT2D eigenvalue weighted by atomic mass is 32.1. The summed E-state index contributed by atoms with van der Waals surface area (Å²) in [4.78, 5) is 49.5. The summed E-state index contributed by atoms with van der Waals surface area (Å²) in [6.45, 7) is -0.168. The van der Waals surface area contributed by atoms with Crippen molar-refractivity contribution in [3.8, 4) is 10.6 Å². The molecule has 0 radical (unpaired) electrons. The first-order chi connectivity index (χ1) is 21.3. The van der Waals surface area contributed by atoms with Gasteiger partial charge in [0.15, 0.2) is 0 Å². The van der Waals surface area contributed by atoms with E-state index in [1.807, 2.05) is 54.6 Å². The number of fused-ring (bicyclic) bond motifs is 1. The first-order valence-corrected chi connectivity index (χ1v) is 14.2. The van der Waals surface area contributed by atoms with Gasteiger partial charge in [-0.05, 0) is 60.2 Å². The number of aryl methyl sites for hydroxylation is 2. The number of rotatable bonds is 7. The van der Waals surface area contributed by atoms with Crippen LogP contribution in [0.25, 0.3) is 10.6 Å². The lowest BCUT2D eigenvalue weighted by Crippen LogP contribution is -2.36. The monoisotopic (exact) mass is 642 g/mol. The number of carboxylic acid groups (broad SMARTS) is 2. The molecule has 0 unspecified atom stereocenters. The van der Waals surface area contributed by atoms with Crippen molar-refractivity contribution in [1.29, 1.82) is 0 Å². The Balaban J connectivity index is 0.000000238. The number of aliphatic carboxylic acids is 2. The van der Waals surface area contributed by atoms with Gasteiger partial charge in [-0.3, -0.25) is 19.3 Å². The zero-order chi connectivity index (χ0) is 33.1. The third-order valence-corrected chi connectivity index (χ3v) is 7.24. The number of nitrogens with two attached hydrogens (primary N) is 2. The molecule has 5 rings (SSSR count). The van der Waals surface area contributed by atoms with Crippen molar-refractivity contribution in [2.45, 2.75) is 32.0 Å². The zero-order valence-electron chi connectivity index (χ0n) is 23.7. The third-order valence-electron chi connectivity index (χ3n) is 6.36. The molecular formula is C31H29F3N4O6S. The first kappa shape index (κ1) is 34.4. The maximum Gasteiger partial charge on any atom is 0.490 e. The highest BCUT2D eigenvalue weighted by Gasteiger charge is 2.38. The van der Waals surface area contributed by atoms with Crippen LogP contribution in [0.5, 0.6) is 0 Å². The van der Waals surface area contributed by atoms with Gasteiger partial charge in [-0.1, -0.05) is 48.5 Å². The van der Waals surface area contributed by atoms with Crippen LogP contribution in [0.1, 0.15) is 43.8 Å². The molecule has 1 heterocycles. The molecule has 0 spiro atoms. The molecule has 14 heteroatoms. The van der Waals surface area contributed by atoms with Gasteiger partial charge in [0.05, 0.1) is 0 Å². The molecule has 0 saturated carbocycles. The van der Waals surface area contributed by atoms with Crippen molar-refractivity contribution in [2.24, 2.45) is 11.5 Å². The second kappa shape index (κ2) is 15.6.